The number of amides is 1. The highest BCUT2D eigenvalue weighted by Crippen LogP contribution is 2.27. The van der Waals surface area contributed by atoms with Crippen LogP contribution in [0.3, 0.4) is 0 Å². The topological polar surface area (TPSA) is 58.4 Å². The number of likely N-dealkylation sites (N-methyl/N-ethyl adjacent to an activating group) is 1. The van der Waals surface area contributed by atoms with Crippen molar-refractivity contribution in [2.45, 2.75) is 31.8 Å². The van der Waals surface area contributed by atoms with Crippen molar-refractivity contribution < 1.29 is 4.79 Å². The van der Waals surface area contributed by atoms with Crippen molar-refractivity contribution in [1.29, 1.82) is 0 Å². The van der Waals surface area contributed by atoms with Gasteiger partial charge in [-0.05, 0) is 51.1 Å². The Morgan fingerprint density at radius 1 is 1.41 bits per heavy atom. The van der Waals surface area contributed by atoms with Gasteiger partial charge in [0.2, 0.25) is 5.91 Å². The number of nitrogens with one attached hydrogen (secondary N) is 1. The molecular weight excluding hydrogens is 214 g/mol. The summed E-state index contributed by atoms with van der Waals surface area (Å²) in [5.41, 5.74) is 7.08. The number of hydrogen-bond donors (Lipinski definition) is 2. The first kappa shape index (κ1) is 11.9. The zero-order valence-electron chi connectivity index (χ0n) is 10.3. The second-order valence-electron chi connectivity index (χ2n) is 4.68. The summed E-state index contributed by atoms with van der Waals surface area (Å²) in [6.45, 7) is 1.94. The zero-order valence-corrected chi connectivity index (χ0v) is 10.3. The van der Waals surface area contributed by atoms with Crippen molar-refractivity contribution in [3.8, 4) is 0 Å². The van der Waals surface area contributed by atoms with E-state index in [0.29, 0.717) is 11.7 Å². The Balaban J connectivity index is 1.93. The summed E-state index contributed by atoms with van der Waals surface area (Å²) in [5.74, 6) is 0.0316. The molecule has 0 aromatic heterocycles. The van der Waals surface area contributed by atoms with Crippen LogP contribution in [0.2, 0.25) is 0 Å². The monoisotopic (exact) mass is 233 g/mol. The third-order valence-corrected chi connectivity index (χ3v) is 3.29. The van der Waals surface area contributed by atoms with Crippen LogP contribution in [0.15, 0.2) is 24.3 Å². The van der Waals surface area contributed by atoms with Gasteiger partial charge in [-0.3, -0.25) is 9.69 Å². The lowest BCUT2D eigenvalue weighted by Crippen LogP contribution is -2.40. The van der Waals surface area contributed by atoms with E-state index in [1.807, 2.05) is 26.1 Å². The molecule has 0 bridgehead atoms. The van der Waals surface area contributed by atoms with Crippen LogP contribution in [0, 0.1) is 0 Å². The number of hydrogen-bond acceptors (Lipinski definition) is 3. The number of anilines is 2. The van der Waals surface area contributed by atoms with Crippen molar-refractivity contribution in [2.24, 2.45) is 0 Å². The van der Waals surface area contributed by atoms with Gasteiger partial charge in [-0.2, -0.15) is 0 Å². The van der Waals surface area contributed by atoms with Gasteiger partial charge in [-0.25, -0.2) is 0 Å². The average Bonchev–Trinajstić information content (AvgIpc) is 3.14. The first-order chi connectivity index (χ1) is 8.08. The fourth-order valence-electron chi connectivity index (χ4n) is 1.80. The quantitative estimate of drug-likeness (QED) is 0.778. The van der Waals surface area contributed by atoms with Crippen LogP contribution >= 0.6 is 0 Å². The number of carbonyl (C=O) groups excluding carboxylic acids is 1. The summed E-state index contributed by atoms with van der Waals surface area (Å²) in [4.78, 5) is 14.1. The summed E-state index contributed by atoms with van der Waals surface area (Å²) in [5, 5.41) is 2.90. The van der Waals surface area contributed by atoms with E-state index >= 15 is 0 Å². The third-order valence-electron chi connectivity index (χ3n) is 3.29. The Morgan fingerprint density at radius 2 is 2.00 bits per heavy atom. The van der Waals surface area contributed by atoms with Gasteiger partial charge in [0.15, 0.2) is 0 Å². The smallest absolute Gasteiger partial charge is 0.241 e. The second kappa shape index (κ2) is 4.75. The van der Waals surface area contributed by atoms with E-state index in [0.717, 1.165) is 5.69 Å². The fraction of sp³-hybridized carbons (Fsp3) is 0.462. The van der Waals surface area contributed by atoms with Crippen molar-refractivity contribution in [1.82, 2.24) is 4.90 Å². The zero-order chi connectivity index (χ0) is 12.4. The normalized spacial score (nSPS) is 16.9. The first-order valence-electron chi connectivity index (χ1n) is 5.96. The molecule has 4 heteroatoms. The van der Waals surface area contributed by atoms with Crippen molar-refractivity contribution in [3.05, 3.63) is 24.3 Å². The van der Waals surface area contributed by atoms with Gasteiger partial charge in [0.05, 0.1) is 6.04 Å². The van der Waals surface area contributed by atoms with E-state index in [1.54, 1.807) is 12.1 Å². The SMILES string of the molecule is CC(C(=O)Nc1ccc(N)cc1)N(C)C1CC1. The molecule has 2 rings (SSSR count). The Hall–Kier alpha value is -1.55. The predicted octanol–water partition coefficient (Wildman–Crippen LogP) is 1.69. The molecule has 1 aliphatic carbocycles. The minimum atomic E-state index is -0.0972. The van der Waals surface area contributed by atoms with Gasteiger partial charge in [-0.15, -0.1) is 0 Å². The fourth-order valence-corrected chi connectivity index (χ4v) is 1.80. The predicted molar refractivity (Wildman–Crippen MR) is 69.7 cm³/mol. The van der Waals surface area contributed by atoms with Gasteiger partial charge in [0.1, 0.15) is 0 Å². The largest absolute Gasteiger partial charge is 0.399 e. The third kappa shape index (κ3) is 2.97. The number of rotatable bonds is 4. The molecule has 1 atom stereocenters. The molecule has 1 aromatic carbocycles. The van der Waals surface area contributed by atoms with Crippen LogP contribution in [-0.4, -0.2) is 29.9 Å². The molecule has 1 saturated carbocycles. The lowest BCUT2D eigenvalue weighted by molar-refractivity contribution is -0.120. The molecule has 0 aliphatic heterocycles. The molecule has 17 heavy (non-hydrogen) atoms. The van der Waals surface area contributed by atoms with E-state index < -0.39 is 0 Å². The van der Waals surface area contributed by atoms with Gasteiger partial charge in [-0.1, -0.05) is 0 Å². The maximum atomic E-state index is 12.0. The first-order valence-corrected chi connectivity index (χ1v) is 5.96. The maximum absolute atomic E-state index is 12.0. The summed E-state index contributed by atoms with van der Waals surface area (Å²) in [6, 6.07) is 7.69. The van der Waals surface area contributed by atoms with E-state index in [9.17, 15) is 4.79 Å². The lowest BCUT2D eigenvalue weighted by atomic mass is 10.2. The molecule has 3 N–H and O–H groups in total. The highest BCUT2D eigenvalue weighted by molar-refractivity contribution is 5.94. The molecule has 1 fully saturated rings. The van der Waals surface area contributed by atoms with Gasteiger partial charge in [0.25, 0.3) is 0 Å². The standard InChI is InChI=1S/C13H19N3O/c1-9(16(2)12-7-8-12)13(17)15-11-5-3-10(14)4-6-11/h3-6,9,12H,7-8,14H2,1-2H3,(H,15,17). The molecule has 1 aromatic rings. The molecular formula is C13H19N3O. The van der Waals surface area contributed by atoms with E-state index in [-0.39, 0.29) is 11.9 Å². The maximum Gasteiger partial charge on any atom is 0.241 e. The number of nitrogens with zero attached hydrogens (tertiary/aromatic N) is 1. The highest BCUT2D eigenvalue weighted by Gasteiger charge is 2.31. The summed E-state index contributed by atoms with van der Waals surface area (Å²) in [7, 11) is 2.00. The van der Waals surface area contributed by atoms with Crippen LogP contribution in [0.5, 0.6) is 0 Å². The van der Waals surface area contributed by atoms with Crippen LogP contribution in [0.4, 0.5) is 11.4 Å². The Morgan fingerprint density at radius 3 is 2.53 bits per heavy atom. The molecule has 0 saturated heterocycles. The molecule has 92 valence electrons. The van der Waals surface area contributed by atoms with Gasteiger partial charge < -0.3 is 11.1 Å². The van der Waals surface area contributed by atoms with Crippen molar-refractivity contribution in [2.75, 3.05) is 18.1 Å². The van der Waals surface area contributed by atoms with E-state index in [4.69, 9.17) is 5.73 Å². The minimum absolute atomic E-state index is 0.0316. The molecule has 1 amide bonds. The number of nitrogens with two attached hydrogens (primary N) is 1. The average molecular weight is 233 g/mol. The number of carbonyl (C=O) groups is 1. The number of nitrogen functional groups attached to an aromatic ring is 1. The van der Waals surface area contributed by atoms with Gasteiger partial charge >= 0.3 is 0 Å². The molecule has 4 nitrogen and oxygen atoms in total. The van der Waals surface area contributed by atoms with Crippen molar-refractivity contribution >= 4 is 17.3 Å². The Bertz CT molecular complexity index is 398. The number of benzene rings is 1. The Labute approximate surface area is 102 Å². The highest BCUT2D eigenvalue weighted by atomic mass is 16.2. The van der Waals surface area contributed by atoms with Crippen molar-refractivity contribution in [3.63, 3.8) is 0 Å². The van der Waals surface area contributed by atoms with Crippen LogP contribution in [0.25, 0.3) is 0 Å². The Kier molecular flexibility index (Phi) is 3.33. The van der Waals surface area contributed by atoms with Crippen LogP contribution in [-0.2, 0) is 4.79 Å². The molecule has 0 spiro atoms. The molecule has 0 heterocycles. The van der Waals surface area contributed by atoms with Crippen LogP contribution in [0.1, 0.15) is 19.8 Å². The minimum Gasteiger partial charge on any atom is -0.399 e. The summed E-state index contributed by atoms with van der Waals surface area (Å²) >= 11 is 0. The molecule has 0 radical (unpaired) electrons. The molecule has 1 unspecified atom stereocenters. The van der Waals surface area contributed by atoms with E-state index in [2.05, 4.69) is 10.2 Å². The van der Waals surface area contributed by atoms with E-state index in [1.165, 1.54) is 12.8 Å². The second-order valence-corrected chi connectivity index (χ2v) is 4.68. The van der Waals surface area contributed by atoms with Gasteiger partial charge in [0, 0.05) is 17.4 Å². The lowest BCUT2D eigenvalue weighted by Gasteiger charge is -2.23. The van der Waals surface area contributed by atoms with Crippen LogP contribution < -0.4 is 11.1 Å². The summed E-state index contributed by atoms with van der Waals surface area (Å²) in [6.07, 6.45) is 2.41. The summed E-state index contributed by atoms with van der Waals surface area (Å²) < 4.78 is 0. The molecule has 1 aliphatic rings.